The topological polar surface area (TPSA) is 128 Å². The fourth-order valence-corrected chi connectivity index (χ4v) is 1.77. The van der Waals surface area contributed by atoms with Gasteiger partial charge in [-0.05, 0) is 0 Å². The number of hydrogen-bond acceptors (Lipinski definition) is 5. The third-order valence-electron chi connectivity index (χ3n) is 2.70. The quantitative estimate of drug-likeness (QED) is 0.500. The van der Waals surface area contributed by atoms with E-state index in [4.69, 9.17) is 16.2 Å². The minimum atomic E-state index is -1.02. The van der Waals surface area contributed by atoms with Crippen molar-refractivity contribution in [2.24, 2.45) is 11.5 Å². The van der Waals surface area contributed by atoms with Crippen LogP contribution in [0, 0.1) is 0 Å². The van der Waals surface area contributed by atoms with Gasteiger partial charge < -0.3 is 26.4 Å². The van der Waals surface area contributed by atoms with Crippen LogP contribution in [-0.2, 0) is 19.1 Å². The number of likely N-dealkylation sites (N-methyl/N-ethyl adjacent to an activating group) is 1. The molecule has 0 aliphatic carbocycles. The van der Waals surface area contributed by atoms with E-state index in [1.807, 2.05) is 0 Å². The number of nitrogens with zero attached hydrogens (tertiary/aromatic N) is 1. The van der Waals surface area contributed by atoms with Crippen LogP contribution in [0.15, 0.2) is 0 Å². The molecule has 0 spiro atoms. The maximum absolute atomic E-state index is 12.0. The van der Waals surface area contributed by atoms with E-state index < -0.39 is 23.9 Å². The summed E-state index contributed by atoms with van der Waals surface area (Å²) in [4.78, 5) is 35.7. The number of carbonyl (C=O) groups is 3. The number of nitrogens with two attached hydrogens (primary N) is 2. The van der Waals surface area contributed by atoms with Crippen LogP contribution >= 0.6 is 0 Å². The summed E-state index contributed by atoms with van der Waals surface area (Å²) in [6.07, 6.45) is -0.239. The number of ether oxygens (including phenoxy) is 1. The van der Waals surface area contributed by atoms with Gasteiger partial charge in [-0.1, -0.05) is 0 Å². The largest absolute Gasteiger partial charge is 0.377 e. The first-order valence-corrected chi connectivity index (χ1v) is 5.61. The molecule has 0 saturated carbocycles. The summed E-state index contributed by atoms with van der Waals surface area (Å²) in [7, 11) is 1.48. The van der Waals surface area contributed by atoms with Gasteiger partial charge in [0.15, 0.2) is 0 Å². The van der Waals surface area contributed by atoms with Gasteiger partial charge in [-0.3, -0.25) is 14.4 Å². The molecule has 102 valence electrons. The number of rotatable bonds is 4. The molecule has 2 atom stereocenters. The number of morpholine rings is 1. The lowest BCUT2D eigenvalue weighted by molar-refractivity contribution is -0.149. The molecule has 0 radical (unpaired) electrons. The number of primary amides is 1. The molecule has 1 fully saturated rings. The highest BCUT2D eigenvalue weighted by atomic mass is 16.5. The highest BCUT2D eigenvalue weighted by molar-refractivity contribution is 5.92. The average molecular weight is 258 g/mol. The molecule has 3 amide bonds. The van der Waals surface area contributed by atoms with E-state index in [0.29, 0.717) is 6.61 Å². The van der Waals surface area contributed by atoms with Gasteiger partial charge in [-0.2, -0.15) is 0 Å². The Kier molecular flexibility index (Phi) is 5.05. The average Bonchev–Trinajstić information content (AvgIpc) is 2.36. The standard InChI is InChI=1S/C10H18N4O4/c1-13-9(16)7-5-18-3-2-14(7)10(17)6(11)4-8(12)15/h6-7H,2-5,11H2,1H3,(H2,12,15)(H,13,16). The zero-order valence-electron chi connectivity index (χ0n) is 10.2. The van der Waals surface area contributed by atoms with E-state index in [2.05, 4.69) is 5.32 Å². The molecule has 0 bridgehead atoms. The number of carbonyl (C=O) groups excluding carboxylic acids is 3. The first-order chi connectivity index (χ1) is 8.47. The third-order valence-corrected chi connectivity index (χ3v) is 2.70. The minimum Gasteiger partial charge on any atom is -0.377 e. The molecule has 0 aromatic rings. The number of nitrogens with one attached hydrogen (secondary N) is 1. The fourth-order valence-electron chi connectivity index (χ4n) is 1.77. The van der Waals surface area contributed by atoms with Crippen molar-refractivity contribution >= 4 is 17.7 Å². The molecule has 1 rings (SSSR count). The SMILES string of the molecule is CNC(=O)C1COCCN1C(=O)C(N)CC(N)=O. The summed E-state index contributed by atoms with van der Waals surface area (Å²) in [5, 5.41) is 2.45. The highest BCUT2D eigenvalue weighted by Gasteiger charge is 2.34. The van der Waals surface area contributed by atoms with Crippen LogP contribution in [-0.4, -0.2) is 61.5 Å². The third kappa shape index (κ3) is 3.41. The second kappa shape index (κ2) is 6.31. The van der Waals surface area contributed by atoms with Crippen LogP contribution in [0.2, 0.25) is 0 Å². The first kappa shape index (κ1) is 14.4. The van der Waals surface area contributed by atoms with Crippen LogP contribution in [0.5, 0.6) is 0 Å². The summed E-state index contributed by atoms with van der Waals surface area (Å²) >= 11 is 0. The lowest BCUT2D eigenvalue weighted by Crippen LogP contribution is -2.59. The normalized spacial score (nSPS) is 21.2. The highest BCUT2D eigenvalue weighted by Crippen LogP contribution is 2.09. The van der Waals surface area contributed by atoms with E-state index in [0.717, 1.165) is 0 Å². The Balaban J connectivity index is 2.73. The fraction of sp³-hybridized carbons (Fsp3) is 0.700. The van der Waals surface area contributed by atoms with Gasteiger partial charge >= 0.3 is 0 Å². The number of amides is 3. The Morgan fingerprint density at radius 2 is 2.17 bits per heavy atom. The van der Waals surface area contributed by atoms with Crippen molar-refractivity contribution < 1.29 is 19.1 Å². The molecule has 1 saturated heterocycles. The zero-order chi connectivity index (χ0) is 13.7. The first-order valence-electron chi connectivity index (χ1n) is 5.61. The van der Waals surface area contributed by atoms with Crippen molar-refractivity contribution in [3.63, 3.8) is 0 Å². The van der Waals surface area contributed by atoms with Crippen molar-refractivity contribution in [3.8, 4) is 0 Å². The molecule has 5 N–H and O–H groups in total. The van der Waals surface area contributed by atoms with Gasteiger partial charge in [0.25, 0.3) is 0 Å². The molecule has 18 heavy (non-hydrogen) atoms. The number of hydrogen-bond donors (Lipinski definition) is 3. The second-order valence-electron chi connectivity index (χ2n) is 4.01. The van der Waals surface area contributed by atoms with E-state index in [1.54, 1.807) is 0 Å². The molecule has 0 aromatic carbocycles. The van der Waals surface area contributed by atoms with E-state index in [1.165, 1.54) is 11.9 Å². The monoisotopic (exact) mass is 258 g/mol. The molecular weight excluding hydrogens is 240 g/mol. The van der Waals surface area contributed by atoms with Crippen LogP contribution in [0.1, 0.15) is 6.42 Å². The van der Waals surface area contributed by atoms with E-state index >= 15 is 0 Å². The van der Waals surface area contributed by atoms with Crippen LogP contribution in [0.4, 0.5) is 0 Å². The van der Waals surface area contributed by atoms with Gasteiger partial charge in [-0.15, -0.1) is 0 Å². The molecule has 0 aromatic heterocycles. The molecule has 2 unspecified atom stereocenters. The summed E-state index contributed by atoms with van der Waals surface area (Å²) in [5.74, 6) is -1.44. The molecular formula is C10H18N4O4. The van der Waals surface area contributed by atoms with Crippen molar-refractivity contribution in [1.29, 1.82) is 0 Å². The van der Waals surface area contributed by atoms with Gasteiger partial charge in [-0.25, -0.2) is 0 Å². The van der Waals surface area contributed by atoms with Gasteiger partial charge in [0.1, 0.15) is 6.04 Å². The van der Waals surface area contributed by atoms with Crippen LogP contribution in [0.3, 0.4) is 0 Å². The Morgan fingerprint density at radius 1 is 1.50 bits per heavy atom. The van der Waals surface area contributed by atoms with Crippen molar-refractivity contribution in [2.45, 2.75) is 18.5 Å². The summed E-state index contributed by atoms with van der Waals surface area (Å²) in [6.45, 7) is 0.723. The lowest BCUT2D eigenvalue weighted by Gasteiger charge is -2.35. The molecule has 1 heterocycles. The van der Waals surface area contributed by atoms with Crippen molar-refractivity contribution in [2.75, 3.05) is 26.8 Å². The van der Waals surface area contributed by atoms with Crippen molar-refractivity contribution in [3.05, 3.63) is 0 Å². The van der Waals surface area contributed by atoms with Gasteiger partial charge in [0.05, 0.1) is 25.7 Å². The Bertz CT molecular complexity index is 347. The molecule has 1 aliphatic heterocycles. The Morgan fingerprint density at radius 3 is 2.72 bits per heavy atom. The summed E-state index contributed by atoms with van der Waals surface area (Å²) < 4.78 is 5.16. The predicted octanol–water partition coefficient (Wildman–Crippen LogP) is -2.84. The second-order valence-corrected chi connectivity index (χ2v) is 4.01. The van der Waals surface area contributed by atoms with Gasteiger partial charge in [0, 0.05) is 13.6 Å². The van der Waals surface area contributed by atoms with Crippen LogP contribution < -0.4 is 16.8 Å². The predicted molar refractivity (Wildman–Crippen MR) is 62.2 cm³/mol. The maximum atomic E-state index is 12.0. The molecule has 1 aliphatic rings. The zero-order valence-corrected chi connectivity index (χ0v) is 10.2. The van der Waals surface area contributed by atoms with Crippen molar-refractivity contribution in [1.82, 2.24) is 10.2 Å². The maximum Gasteiger partial charge on any atom is 0.244 e. The summed E-state index contributed by atoms with van der Waals surface area (Å²) in [6, 6.07) is -1.73. The van der Waals surface area contributed by atoms with E-state index in [9.17, 15) is 14.4 Å². The lowest BCUT2D eigenvalue weighted by atomic mass is 10.1. The molecule has 8 nitrogen and oxygen atoms in total. The summed E-state index contributed by atoms with van der Waals surface area (Å²) in [5.41, 5.74) is 10.6. The Labute approximate surface area is 105 Å². The van der Waals surface area contributed by atoms with Gasteiger partial charge in [0.2, 0.25) is 17.7 Å². The van der Waals surface area contributed by atoms with Crippen LogP contribution in [0.25, 0.3) is 0 Å². The Hall–Kier alpha value is -1.67. The van der Waals surface area contributed by atoms with E-state index in [-0.39, 0.29) is 25.5 Å². The minimum absolute atomic E-state index is 0.120. The molecule has 8 heteroatoms. The smallest absolute Gasteiger partial charge is 0.244 e.